The SMILES string of the molecule is COCCS(=O)(=O)Cc1ccc(Br)c(N)c1. The summed E-state index contributed by atoms with van der Waals surface area (Å²) in [5.74, 6) is 0.0211. The average molecular weight is 308 g/mol. The standard InChI is InChI=1S/C10H14BrNO3S/c1-15-4-5-16(13,14)7-8-2-3-9(11)10(12)6-8/h2-3,6H,4-5,7,12H2,1H3. The van der Waals surface area contributed by atoms with Gasteiger partial charge in [-0.05, 0) is 33.6 Å². The summed E-state index contributed by atoms with van der Waals surface area (Å²) in [4.78, 5) is 0. The predicted molar refractivity (Wildman–Crippen MR) is 67.9 cm³/mol. The van der Waals surface area contributed by atoms with Crippen molar-refractivity contribution in [3.63, 3.8) is 0 Å². The van der Waals surface area contributed by atoms with E-state index in [9.17, 15) is 8.42 Å². The first-order valence-corrected chi connectivity index (χ1v) is 7.29. The molecule has 0 radical (unpaired) electrons. The van der Waals surface area contributed by atoms with E-state index < -0.39 is 9.84 Å². The lowest BCUT2D eigenvalue weighted by atomic mass is 10.2. The van der Waals surface area contributed by atoms with Crippen molar-refractivity contribution in [2.75, 3.05) is 25.2 Å². The molecule has 0 heterocycles. The van der Waals surface area contributed by atoms with E-state index in [0.29, 0.717) is 11.3 Å². The van der Waals surface area contributed by atoms with Gasteiger partial charge in [0.2, 0.25) is 0 Å². The molecule has 90 valence electrons. The molecular weight excluding hydrogens is 294 g/mol. The summed E-state index contributed by atoms with van der Waals surface area (Å²) in [5, 5.41) is 0. The van der Waals surface area contributed by atoms with E-state index in [4.69, 9.17) is 10.5 Å². The van der Waals surface area contributed by atoms with Crippen LogP contribution in [-0.2, 0) is 20.3 Å². The van der Waals surface area contributed by atoms with Crippen molar-refractivity contribution in [3.05, 3.63) is 28.2 Å². The fourth-order valence-electron chi connectivity index (χ4n) is 1.22. The topological polar surface area (TPSA) is 69.4 Å². The Morgan fingerprint density at radius 2 is 2.12 bits per heavy atom. The number of anilines is 1. The molecule has 0 amide bonds. The summed E-state index contributed by atoms with van der Waals surface area (Å²) in [6.07, 6.45) is 0. The lowest BCUT2D eigenvalue weighted by molar-refractivity contribution is 0.217. The van der Waals surface area contributed by atoms with Gasteiger partial charge in [-0.3, -0.25) is 0 Å². The van der Waals surface area contributed by atoms with Gasteiger partial charge in [0.1, 0.15) is 0 Å². The Morgan fingerprint density at radius 1 is 1.44 bits per heavy atom. The number of hydrogen-bond donors (Lipinski definition) is 1. The normalized spacial score (nSPS) is 11.6. The lowest BCUT2D eigenvalue weighted by Crippen LogP contribution is -2.13. The first-order chi connectivity index (χ1) is 7.44. The van der Waals surface area contributed by atoms with Gasteiger partial charge in [0.15, 0.2) is 9.84 Å². The Kier molecular flexibility index (Phi) is 4.76. The summed E-state index contributed by atoms with van der Waals surface area (Å²) in [6, 6.07) is 5.15. The quantitative estimate of drug-likeness (QED) is 0.839. The molecule has 2 N–H and O–H groups in total. The summed E-state index contributed by atoms with van der Waals surface area (Å²) in [6.45, 7) is 0.217. The van der Waals surface area contributed by atoms with Crippen molar-refractivity contribution in [3.8, 4) is 0 Å². The maximum atomic E-state index is 11.6. The van der Waals surface area contributed by atoms with Crippen LogP contribution in [0.2, 0.25) is 0 Å². The molecule has 6 heteroatoms. The zero-order chi connectivity index (χ0) is 12.2. The summed E-state index contributed by atoms with van der Waals surface area (Å²) >= 11 is 3.26. The largest absolute Gasteiger partial charge is 0.398 e. The van der Waals surface area contributed by atoms with Crippen molar-refractivity contribution in [2.45, 2.75) is 5.75 Å². The third kappa shape index (κ3) is 4.11. The van der Waals surface area contributed by atoms with Crippen LogP contribution in [0.15, 0.2) is 22.7 Å². The van der Waals surface area contributed by atoms with Gasteiger partial charge < -0.3 is 10.5 Å². The number of sulfone groups is 1. The number of nitrogen functional groups attached to an aromatic ring is 1. The van der Waals surface area contributed by atoms with Crippen LogP contribution in [0, 0.1) is 0 Å². The zero-order valence-electron chi connectivity index (χ0n) is 8.94. The monoisotopic (exact) mass is 307 g/mol. The second kappa shape index (κ2) is 5.65. The molecule has 16 heavy (non-hydrogen) atoms. The first kappa shape index (κ1) is 13.5. The molecule has 1 aromatic carbocycles. The molecule has 4 nitrogen and oxygen atoms in total. The van der Waals surface area contributed by atoms with Gasteiger partial charge in [-0.1, -0.05) is 6.07 Å². The van der Waals surface area contributed by atoms with Gasteiger partial charge in [-0.25, -0.2) is 8.42 Å². The number of benzene rings is 1. The Labute approximate surface area is 104 Å². The molecule has 0 saturated carbocycles. The van der Waals surface area contributed by atoms with E-state index in [0.717, 1.165) is 4.47 Å². The highest BCUT2D eigenvalue weighted by molar-refractivity contribution is 9.10. The van der Waals surface area contributed by atoms with E-state index >= 15 is 0 Å². The number of nitrogens with two attached hydrogens (primary N) is 1. The molecule has 0 aliphatic heterocycles. The Morgan fingerprint density at radius 3 is 2.69 bits per heavy atom. The molecular formula is C10H14BrNO3S. The lowest BCUT2D eigenvalue weighted by Gasteiger charge is -2.05. The third-order valence-corrected chi connectivity index (χ3v) is 4.33. The molecule has 1 rings (SSSR count). The number of rotatable bonds is 5. The minimum absolute atomic E-state index is 0.00611. The van der Waals surface area contributed by atoms with Crippen LogP contribution < -0.4 is 5.73 Å². The summed E-state index contributed by atoms with van der Waals surface area (Å²) in [5.41, 5.74) is 6.91. The maximum Gasteiger partial charge on any atom is 0.156 e. The van der Waals surface area contributed by atoms with E-state index in [2.05, 4.69) is 15.9 Å². The highest BCUT2D eigenvalue weighted by atomic mass is 79.9. The Balaban J connectivity index is 2.76. The molecule has 1 aromatic rings. The van der Waals surface area contributed by atoms with Crippen molar-refractivity contribution >= 4 is 31.5 Å². The molecule has 0 aliphatic rings. The zero-order valence-corrected chi connectivity index (χ0v) is 11.3. The molecule has 0 saturated heterocycles. The van der Waals surface area contributed by atoms with Crippen LogP contribution >= 0.6 is 15.9 Å². The highest BCUT2D eigenvalue weighted by Crippen LogP contribution is 2.21. The summed E-state index contributed by atoms with van der Waals surface area (Å²) < 4.78 is 28.8. The van der Waals surface area contributed by atoms with Crippen molar-refractivity contribution in [2.24, 2.45) is 0 Å². The van der Waals surface area contributed by atoms with E-state index in [1.807, 2.05) is 0 Å². The number of methoxy groups -OCH3 is 1. The second-order valence-electron chi connectivity index (χ2n) is 3.44. The number of hydrogen-bond acceptors (Lipinski definition) is 4. The molecule has 0 atom stereocenters. The van der Waals surface area contributed by atoms with Crippen LogP contribution in [0.5, 0.6) is 0 Å². The Bertz CT molecular complexity index is 459. The van der Waals surface area contributed by atoms with Gasteiger partial charge in [-0.2, -0.15) is 0 Å². The maximum absolute atomic E-state index is 11.6. The van der Waals surface area contributed by atoms with E-state index in [1.54, 1.807) is 18.2 Å². The van der Waals surface area contributed by atoms with Crippen LogP contribution in [0.3, 0.4) is 0 Å². The predicted octanol–water partition coefficient (Wildman–Crippen LogP) is 1.59. The van der Waals surface area contributed by atoms with Crippen LogP contribution in [-0.4, -0.2) is 27.9 Å². The van der Waals surface area contributed by atoms with Gasteiger partial charge in [0.05, 0.1) is 18.1 Å². The Hall–Kier alpha value is -0.590. The molecule has 0 spiro atoms. The van der Waals surface area contributed by atoms with Gasteiger partial charge in [0, 0.05) is 17.3 Å². The molecule has 0 aromatic heterocycles. The smallest absolute Gasteiger partial charge is 0.156 e. The number of ether oxygens (including phenoxy) is 1. The van der Waals surface area contributed by atoms with E-state index in [1.165, 1.54) is 7.11 Å². The van der Waals surface area contributed by atoms with Crippen LogP contribution in [0.1, 0.15) is 5.56 Å². The van der Waals surface area contributed by atoms with Crippen LogP contribution in [0.4, 0.5) is 5.69 Å². The average Bonchev–Trinajstić information content (AvgIpc) is 2.20. The van der Waals surface area contributed by atoms with E-state index in [-0.39, 0.29) is 18.1 Å². The molecule has 0 fully saturated rings. The highest BCUT2D eigenvalue weighted by Gasteiger charge is 2.12. The minimum atomic E-state index is -3.12. The van der Waals surface area contributed by atoms with Gasteiger partial charge in [0.25, 0.3) is 0 Å². The van der Waals surface area contributed by atoms with Gasteiger partial charge in [-0.15, -0.1) is 0 Å². The van der Waals surface area contributed by atoms with Crippen molar-refractivity contribution < 1.29 is 13.2 Å². The first-order valence-electron chi connectivity index (χ1n) is 4.68. The van der Waals surface area contributed by atoms with Crippen LogP contribution in [0.25, 0.3) is 0 Å². The van der Waals surface area contributed by atoms with Crippen molar-refractivity contribution in [1.82, 2.24) is 0 Å². The second-order valence-corrected chi connectivity index (χ2v) is 6.48. The molecule has 0 bridgehead atoms. The molecule has 0 unspecified atom stereocenters. The van der Waals surface area contributed by atoms with Gasteiger partial charge >= 0.3 is 0 Å². The molecule has 0 aliphatic carbocycles. The van der Waals surface area contributed by atoms with Crippen molar-refractivity contribution in [1.29, 1.82) is 0 Å². The minimum Gasteiger partial charge on any atom is -0.398 e. The third-order valence-electron chi connectivity index (χ3n) is 2.05. The fraction of sp³-hybridized carbons (Fsp3) is 0.400. The fourth-order valence-corrected chi connectivity index (χ4v) is 2.72. The number of halogens is 1. The summed E-state index contributed by atoms with van der Waals surface area (Å²) in [7, 11) is -1.64.